The summed E-state index contributed by atoms with van der Waals surface area (Å²) in [4.78, 5) is 11.7. The SMILES string of the molecule is COc1cc2c(c(O)c1OC/C=C(\C)CC/C=C(\C)CCC=C(C)C)COC2=O. The fourth-order valence-electron chi connectivity index (χ4n) is 3.11. The number of rotatable bonds is 10. The minimum absolute atomic E-state index is 0.0501. The number of cyclic esters (lactones) is 1. The molecule has 0 saturated heterocycles. The van der Waals surface area contributed by atoms with Gasteiger partial charge in [-0.2, -0.15) is 0 Å². The summed E-state index contributed by atoms with van der Waals surface area (Å²) in [7, 11) is 1.47. The van der Waals surface area contributed by atoms with Gasteiger partial charge in [0.05, 0.1) is 12.7 Å². The maximum atomic E-state index is 11.7. The Morgan fingerprint density at radius 3 is 2.41 bits per heavy atom. The summed E-state index contributed by atoms with van der Waals surface area (Å²) in [6, 6.07) is 1.55. The van der Waals surface area contributed by atoms with Crippen LogP contribution in [0.1, 0.15) is 69.3 Å². The molecule has 0 bridgehead atoms. The highest BCUT2D eigenvalue weighted by Gasteiger charge is 2.29. The van der Waals surface area contributed by atoms with E-state index in [4.69, 9.17) is 14.2 Å². The molecule has 1 aromatic carbocycles. The molecule has 0 aromatic heterocycles. The summed E-state index contributed by atoms with van der Waals surface area (Å²) in [5.74, 6) is 0.0101. The maximum absolute atomic E-state index is 11.7. The molecule has 1 aliphatic heterocycles. The highest BCUT2D eigenvalue weighted by Crippen LogP contribution is 2.43. The molecule has 0 fully saturated rings. The quantitative estimate of drug-likeness (QED) is 0.393. The van der Waals surface area contributed by atoms with Crippen LogP contribution in [0.15, 0.2) is 41.0 Å². The predicted octanol–water partition coefficient (Wildman–Crippen LogP) is 5.87. The van der Waals surface area contributed by atoms with Crippen LogP contribution in [0, 0.1) is 0 Å². The van der Waals surface area contributed by atoms with Gasteiger partial charge >= 0.3 is 5.97 Å². The van der Waals surface area contributed by atoms with E-state index in [1.54, 1.807) is 6.07 Å². The number of fused-ring (bicyclic) bond motifs is 1. The highest BCUT2D eigenvalue weighted by atomic mass is 16.5. The molecule has 158 valence electrons. The summed E-state index contributed by atoms with van der Waals surface area (Å²) >= 11 is 0. The number of esters is 1. The lowest BCUT2D eigenvalue weighted by Gasteiger charge is -2.13. The van der Waals surface area contributed by atoms with E-state index in [1.165, 1.54) is 23.8 Å². The first-order valence-electron chi connectivity index (χ1n) is 10.0. The molecule has 0 aliphatic carbocycles. The van der Waals surface area contributed by atoms with Crippen LogP contribution in [0.5, 0.6) is 17.2 Å². The Morgan fingerprint density at radius 1 is 1.10 bits per heavy atom. The average molecular weight is 401 g/mol. The van der Waals surface area contributed by atoms with Crippen molar-refractivity contribution in [3.63, 3.8) is 0 Å². The molecule has 2 rings (SSSR count). The number of phenols is 1. The Kier molecular flexibility index (Phi) is 8.37. The van der Waals surface area contributed by atoms with Gasteiger partial charge in [-0.05, 0) is 65.5 Å². The van der Waals surface area contributed by atoms with Crippen LogP contribution in [0.4, 0.5) is 0 Å². The third kappa shape index (κ3) is 6.41. The predicted molar refractivity (Wildman–Crippen MR) is 115 cm³/mol. The van der Waals surface area contributed by atoms with Crippen molar-refractivity contribution >= 4 is 5.97 Å². The molecule has 0 saturated carbocycles. The second-order valence-electron chi connectivity index (χ2n) is 7.63. The average Bonchev–Trinajstić information content (AvgIpc) is 3.04. The number of hydrogen-bond acceptors (Lipinski definition) is 5. The number of ether oxygens (including phenoxy) is 3. The molecule has 5 nitrogen and oxygen atoms in total. The number of benzene rings is 1. The molecule has 0 radical (unpaired) electrons. The number of allylic oxidation sites excluding steroid dienone is 5. The normalized spacial score (nSPS) is 13.8. The minimum atomic E-state index is -0.458. The van der Waals surface area contributed by atoms with Crippen LogP contribution in [0.3, 0.4) is 0 Å². The Labute approximate surface area is 173 Å². The van der Waals surface area contributed by atoms with Crippen LogP contribution in [-0.4, -0.2) is 24.8 Å². The summed E-state index contributed by atoms with van der Waals surface area (Å²) in [6.07, 6.45) is 10.7. The first-order valence-corrected chi connectivity index (χ1v) is 10.0. The van der Waals surface area contributed by atoms with Crippen molar-refractivity contribution < 1.29 is 24.1 Å². The zero-order valence-corrected chi connectivity index (χ0v) is 18.1. The third-order valence-corrected chi connectivity index (χ3v) is 4.89. The summed E-state index contributed by atoms with van der Waals surface area (Å²) < 4.78 is 16.0. The van der Waals surface area contributed by atoms with Gasteiger partial charge in [0.2, 0.25) is 5.75 Å². The van der Waals surface area contributed by atoms with Gasteiger partial charge in [-0.25, -0.2) is 4.79 Å². The largest absolute Gasteiger partial charge is 0.504 e. The van der Waals surface area contributed by atoms with Gasteiger partial charge in [0.25, 0.3) is 0 Å². The summed E-state index contributed by atoms with van der Waals surface area (Å²) in [5, 5.41) is 10.4. The van der Waals surface area contributed by atoms with Crippen LogP contribution in [0.2, 0.25) is 0 Å². The van der Waals surface area contributed by atoms with Crippen molar-refractivity contribution in [2.24, 2.45) is 0 Å². The standard InChI is InChI=1S/C24H32O5/c1-16(2)8-6-9-17(3)10-7-11-18(4)12-13-28-23-21(27-5)14-19-20(22(23)25)15-29-24(19)26/h8,10,12,14,25H,6-7,9,11,13,15H2,1-5H3/b17-10+,18-12+. The maximum Gasteiger partial charge on any atom is 0.339 e. The van der Waals surface area contributed by atoms with Gasteiger partial charge in [-0.3, -0.25) is 0 Å². The molecule has 1 aliphatic rings. The van der Waals surface area contributed by atoms with Gasteiger partial charge in [0.1, 0.15) is 13.2 Å². The molecule has 29 heavy (non-hydrogen) atoms. The molecule has 1 N–H and O–H groups in total. The number of methoxy groups -OCH3 is 1. The Hall–Kier alpha value is -2.69. The van der Waals surface area contributed by atoms with Gasteiger partial charge in [0.15, 0.2) is 11.5 Å². The first kappa shape index (κ1) is 22.6. The molecule has 0 unspecified atom stereocenters. The zero-order chi connectivity index (χ0) is 21.4. The van der Waals surface area contributed by atoms with Crippen molar-refractivity contribution in [3.05, 3.63) is 52.1 Å². The van der Waals surface area contributed by atoms with Gasteiger partial charge < -0.3 is 19.3 Å². The molecule has 0 atom stereocenters. The number of hydrogen-bond donors (Lipinski definition) is 1. The van der Waals surface area contributed by atoms with Crippen molar-refractivity contribution in [3.8, 4) is 17.2 Å². The fourth-order valence-corrected chi connectivity index (χ4v) is 3.11. The second-order valence-corrected chi connectivity index (χ2v) is 7.63. The van der Waals surface area contributed by atoms with Crippen molar-refractivity contribution in [1.82, 2.24) is 0 Å². The Bertz CT molecular complexity index is 826. The van der Waals surface area contributed by atoms with Gasteiger partial charge in [-0.15, -0.1) is 0 Å². The summed E-state index contributed by atoms with van der Waals surface area (Å²) in [5.41, 5.74) is 4.76. The van der Waals surface area contributed by atoms with E-state index < -0.39 is 5.97 Å². The fraction of sp³-hybridized carbons (Fsp3) is 0.458. The van der Waals surface area contributed by atoms with E-state index >= 15 is 0 Å². The number of phenolic OH excluding ortho intramolecular Hbond substituents is 1. The second kappa shape index (κ2) is 10.7. The van der Waals surface area contributed by atoms with E-state index in [0.717, 1.165) is 25.7 Å². The van der Waals surface area contributed by atoms with E-state index in [1.807, 2.05) is 6.08 Å². The molecule has 0 spiro atoms. The lowest BCUT2D eigenvalue weighted by Crippen LogP contribution is -2.01. The first-order chi connectivity index (χ1) is 13.8. The van der Waals surface area contributed by atoms with Crippen LogP contribution in [0.25, 0.3) is 0 Å². The van der Waals surface area contributed by atoms with E-state index in [-0.39, 0.29) is 18.1 Å². The lowest BCUT2D eigenvalue weighted by atomic mass is 10.1. The van der Waals surface area contributed by atoms with E-state index in [9.17, 15) is 9.90 Å². The third-order valence-electron chi connectivity index (χ3n) is 4.89. The van der Waals surface area contributed by atoms with Crippen molar-refractivity contribution in [2.75, 3.05) is 13.7 Å². The molecule has 1 aromatic rings. The smallest absolute Gasteiger partial charge is 0.339 e. The molecular formula is C24H32O5. The number of aromatic hydroxyl groups is 1. The lowest BCUT2D eigenvalue weighted by molar-refractivity contribution is 0.0534. The molecule has 5 heteroatoms. The summed E-state index contributed by atoms with van der Waals surface area (Å²) in [6.45, 7) is 8.86. The van der Waals surface area contributed by atoms with Crippen LogP contribution < -0.4 is 9.47 Å². The van der Waals surface area contributed by atoms with E-state index in [2.05, 4.69) is 39.8 Å². The highest BCUT2D eigenvalue weighted by molar-refractivity contribution is 5.95. The van der Waals surface area contributed by atoms with E-state index in [0.29, 0.717) is 23.5 Å². The molecular weight excluding hydrogens is 368 g/mol. The minimum Gasteiger partial charge on any atom is -0.504 e. The number of carbonyl (C=O) groups is 1. The van der Waals surface area contributed by atoms with Gasteiger partial charge in [0, 0.05) is 5.56 Å². The monoisotopic (exact) mass is 400 g/mol. The molecule has 0 amide bonds. The Balaban J connectivity index is 1.89. The topological polar surface area (TPSA) is 65.0 Å². The van der Waals surface area contributed by atoms with Crippen LogP contribution >= 0.6 is 0 Å². The van der Waals surface area contributed by atoms with Crippen molar-refractivity contribution in [1.29, 1.82) is 0 Å². The van der Waals surface area contributed by atoms with Crippen LogP contribution in [-0.2, 0) is 11.3 Å². The molecule has 1 heterocycles. The Morgan fingerprint density at radius 2 is 1.76 bits per heavy atom. The zero-order valence-electron chi connectivity index (χ0n) is 18.1. The number of carbonyl (C=O) groups excluding carboxylic acids is 1. The van der Waals surface area contributed by atoms with Crippen molar-refractivity contribution in [2.45, 2.75) is 60.0 Å². The van der Waals surface area contributed by atoms with Gasteiger partial charge in [-0.1, -0.05) is 28.9 Å².